The Balaban J connectivity index is 1.67. The van der Waals surface area contributed by atoms with Crippen molar-refractivity contribution in [1.82, 2.24) is 20.1 Å². The average molecular weight is 465 g/mol. The van der Waals surface area contributed by atoms with E-state index >= 15 is 0 Å². The van der Waals surface area contributed by atoms with Crippen molar-refractivity contribution in [2.45, 2.75) is 4.90 Å². The summed E-state index contributed by atoms with van der Waals surface area (Å²) in [6, 6.07) is 12.5. The Morgan fingerprint density at radius 1 is 1.03 bits per heavy atom. The fourth-order valence-electron chi connectivity index (χ4n) is 2.36. The molecule has 0 aliphatic rings. The molecule has 0 saturated carbocycles. The van der Waals surface area contributed by atoms with Crippen molar-refractivity contribution in [2.75, 3.05) is 14.1 Å². The van der Waals surface area contributed by atoms with E-state index in [0.717, 1.165) is 9.87 Å². The van der Waals surface area contributed by atoms with E-state index in [1.165, 1.54) is 49.7 Å². The second-order valence-corrected chi connectivity index (χ2v) is 9.71. The first-order chi connectivity index (χ1) is 14.2. The zero-order chi connectivity index (χ0) is 21.9. The third-order valence-electron chi connectivity index (χ3n) is 3.99. The highest BCUT2D eigenvalue weighted by molar-refractivity contribution is 7.89. The van der Waals surface area contributed by atoms with Gasteiger partial charge in [-0.05, 0) is 30.3 Å². The summed E-state index contributed by atoms with van der Waals surface area (Å²) in [5.41, 5.74) is 5.57. The van der Waals surface area contributed by atoms with Crippen LogP contribution in [0, 0.1) is 0 Å². The van der Waals surface area contributed by atoms with Gasteiger partial charge in [0.15, 0.2) is 0 Å². The van der Waals surface area contributed by atoms with Crippen molar-refractivity contribution in [2.24, 2.45) is 0 Å². The van der Waals surface area contributed by atoms with Crippen molar-refractivity contribution in [1.29, 1.82) is 0 Å². The van der Waals surface area contributed by atoms with Gasteiger partial charge in [0.1, 0.15) is 10.7 Å². The smallest absolute Gasteiger partial charge is 0.267 e. The normalized spacial score (nSPS) is 11.3. The van der Waals surface area contributed by atoms with Gasteiger partial charge >= 0.3 is 0 Å². The zero-order valence-electron chi connectivity index (χ0n) is 15.9. The minimum atomic E-state index is -3.68. The summed E-state index contributed by atoms with van der Waals surface area (Å²) in [7, 11) is -0.890. The molecule has 3 aromatic rings. The average Bonchev–Trinajstić information content (AvgIpc) is 3.22. The SMILES string of the molecule is CN(C)S(=O)(=O)c1cccc(C(=O)NNC(=O)c2csc(-c3ccc(Cl)cc3)n2)c1. The number of amides is 2. The number of carbonyl (C=O) groups excluding carboxylic acids is 2. The molecule has 0 aliphatic carbocycles. The molecule has 11 heteroatoms. The number of nitrogens with zero attached hydrogens (tertiary/aromatic N) is 2. The number of carbonyl (C=O) groups is 2. The highest BCUT2D eigenvalue weighted by Gasteiger charge is 2.19. The van der Waals surface area contributed by atoms with Gasteiger partial charge in [-0.2, -0.15) is 0 Å². The number of hydrazine groups is 1. The predicted octanol–water partition coefficient (Wildman–Crippen LogP) is 2.79. The second-order valence-electron chi connectivity index (χ2n) is 6.27. The van der Waals surface area contributed by atoms with E-state index in [-0.39, 0.29) is 16.2 Å². The number of thiazole rings is 1. The van der Waals surface area contributed by atoms with Crippen LogP contribution in [0.15, 0.2) is 58.8 Å². The van der Waals surface area contributed by atoms with Crippen molar-refractivity contribution >= 4 is 44.8 Å². The molecule has 2 N–H and O–H groups in total. The van der Waals surface area contributed by atoms with Crippen molar-refractivity contribution < 1.29 is 18.0 Å². The monoisotopic (exact) mass is 464 g/mol. The molecule has 156 valence electrons. The summed E-state index contributed by atoms with van der Waals surface area (Å²) in [5.74, 6) is -1.26. The summed E-state index contributed by atoms with van der Waals surface area (Å²) in [5, 5.41) is 2.79. The van der Waals surface area contributed by atoms with Gasteiger partial charge in [-0.1, -0.05) is 29.8 Å². The van der Waals surface area contributed by atoms with Crippen molar-refractivity contribution in [3.05, 3.63) is 70.2 Å². The molecule has 0 bridgehead atoms. The van der Waals surface area contributed by atoms with Crippen LogP contribution in [-0.4, -0.2) is 43.6 Å². The summed E-state index contributed by atoms with van der Waals surface area (Å²) in [6.45, 7) is 0. The molecule has 0 saturated heterocycles. The zero-order valence-corrected chi connectivity index (χ0v) is 18.3. The number of aromatic nitrogens is 1. The maximum atomic E-state index is 12.3. The lowest BCUT2D eigenvalue weighted by Crippen LogP contribution is -2.41. The third kappa shape index (κ3) is 4.85. The fraction of sp³-hybridized carbons (Fsp3) is 0.105. The minimum absolute atomic E-state index is 0.0291. The van der Waals surface area contributed by atoms with Crippen LogP contribution in [0.4, 0.5) is 0 Å². The lowest BCUT2D eigenvalue weighted by atomic mass is 10.2. The molecule has 8 nitrogen and oxygen atoms in total. The van der Waals surface area contributed by atoms with Crippen molar-refractivity contribution in [3.63, 3.8) is 0 Å². The molecule has 30 heavy (non-hydrogen) atoms. The molecule has 1 aromatic heterocycles. The first-order valence-corrected chi connectivity index (χ1v) is 11.2. The number of sulfonamides is 1. The van der Waals surface area contributed by atoms with Crippen LogP contribution >= 0.6 is 22.9 Å². The quantitative estimate of drug-likeness (QED) is 0.564. The Morgan fingerprint density at radius 2 is 1.70 bits per heavy atom. The second kappa shape index (κ2) is 8.92. The molecule has 0 atom stereocenters. The van der Waals surface area contributed by atoms with Gasteiger partial charge in [0.25, 0.3) is 11.8 Å². The van der Waals surface area contributed by atoms with E-state index in [4.69, 9.17) is 11.6 Å². The molecule has 0 spiro atoms. The maximum Gasteiger partial charge on any atom is 0.289 e. The Bertz CT molecular complexity index is 1190. The van der Waals surface area contributed by atoms with Crippen LogP contribution in [0.25, 0.3) is 10.6 Å². The first-order valence-electron chi connectivity index (χ1n) is 8.53. The predicted molar refractivity (Wildman–Crippen MR) is 115 cm³/mol. The molecule has 3 rings (SSSR count). The topological polar surface area (TPSA) is 108 Å². The van der Waals surface area contributed by atoms with Gasteiger partial charge in [-0.3, -0.25) is 20.4 Å². The van der Waals surface area contributed by atoms with Gasteiger partial charge in [0.05, 0.1) is 4.90 Å². The molecule has 0 aliphatic heterocycles. The van der Waals surface area contributed by atoms with E-state index in [1.807, 2.05) is 0 Å². The highest BCUT2D eigenvalue weighted by Crippen LogP contribution is 2.25. The van der Waals surface area contributed by atoms with E-state index in [1.54, 1.807) is 29.6 Å². The van der Waals surface area contributed by atoms with Gasteiger partial charge in [-0.15, -0.1) is 11.3 Å². The minimum Gasteiger partial charge on any atom is -0.267 e. The van der Waals surface area contributed by atoms with Gasteiger partial charge in [0.2, 0.25) is 10.0 Å². The number of nitrogens with one attached hydrogen (secondary N) is 2. The number of rotatable bonds is 5. The lowest BCUT2D eigenvalue weighted by molar-refractivity contribution is 0.0844. The standard InChI is InChI=1S/C19H17ClN4O4S2/c1-24(2)30(27,28)15-5-3-4-13(10-15)17(25)22-23-18(26)16-11-29-19(21-16)12-6-8-14(20)9-7-12/h3-11H,1-2H3,(H,22,25)(H,23,26). The van der Waals surface area contributed by atoms with E-state index < -0.39 is 21.8 Å². The molecule has 1 heterocycles. The number of hydrogen-bond acceptors (Lipinski definition) is 6. The number of hydrogen-bond donors (Lipinski definition) is 2. The number of halogens is 1. The van der Waals surface area contributed by atoms with Gasteiger partial charge in [-0.25, -0.2) is 17.7 Å². The summed E-state index contributed by atoms with van der Waals surface area (Å²) < 4.78 is 25.5. The Kier molecular flexibility index (Phi) is 6.52. The largest absolute Gasteiger partial charge is 0.289 e. The molecule has 0 radical (unpaired) electrons. The Labute approximate surface area is 182 Å². The lowest BCUT2D eigenvalue weighted by Gasteiger charge is -2.12. The molecular formula is C19H17ClN4O4S2. The maximum absolute atomic E-state index is 12.3. The van der Waals surface area contributed by atoms with E-state index in [9.17, 15) is 18.0 Å². The van der Waals surface area contributed by atoms with Crippen LogP contribution in [0.1, 0.15) is 20.8 Å². The number of benzene rings is 2. The summed E-state index contributed by atoms with van der Waals surface area (Å²) in [4.78, 5) is 28.8. The van der Waals surface area contributed by atoms with E-state index in [0.29, 0.717) is 10.0 Å². The van der Waals surface area contributed by atoms with Crippen LogP contribution in [0.3, 0.4) is 0 Å². The summed E-state index contributed by atoms with van der Waals surface area (Å²) in [6.07, 6.45) is 0. The summed E-state index contributed by atoms with van der Waals surface area (Å²) >= 11 is 7.14. The highest BCUT2D eigenvalue weighted by atomic mass is 35.5. The van der Waals surface area contributed by atoms with Gasteiger partial charge in [0, 0.05) is 35.6 Å². The molecule has 0 unspecified atom stereocenters. The third-order valence-corrected chi connectivity index (χ3v) is 6.95. The van der Waals surface area contributed by atoms with Crippen LogP contribution in [-0.2, 0) is 10.0 Å². The van der Waals surface area contributed by atoms with E-state index in [2.05, 4.69) is 15.8 Å². The fourth-order valence-corrected chi connectivity index (χ4v) is 4.24. The van der Waals surface area contributed by atoms with Crippen molar-refractivity contribution in [3.8, 4) is 10.6 Å². The van der Waals surface area contributed by atoms with Crippen LogP contribution in [0.2, 0.25) is 5.02 Å². The molecule has 2 amide bonds. The molecule has 0 fully saturated rings. The van der Waals surface area contributed by atoms with Gasteiger partial charge < -0.3 is 0 Å². The molecule has 2 aromatic carbocycles. The van der Waals surface area contributed by atoms with Crippen LogP contribution < -0.4 is 10.9 Å². The Morgan fingerprint density at radius 3 is 2.37 bits per heavy atom. The first kappa shape index (κ1) is 21.9. The Hall–Kier alpha value is -2.79. The van der Waals surface area contributed by atoms with Crippen LogP contribution in [0.5, 0.6) is 0 Å². The molecular weight excluding hydrogens is 448 g/mol.